The van der Waals surface area contributed by atoms with Crippen molar-refractivity contribution in [3.05, 3.63) is 34.9 Å². The Morgan fingerprint density at radius 2 is 1.40 bits per heavy atom. The fourth-order valence-corrected chi connectivity index (χ4v) is 4.60. The van der Waals surface area contributed by atoms with Gasteiger partial charge in [0.15, 0.2) is 0 Å². The topological polar surface area (TPSA) is 20.2 Å². The Kier molecular flexibility index (Phi) is 3.66. The Balaban J connectivity index is 1.68. The average Bonchev–Trinajstić information content (AvgIpc) is 2.81. The first-order valence-electron chi connectivity index (χ1n) is 8.28. The molecular formula is C19H28O. The van der Waals surface area contributed by atoms with E-state index in [-0.39, 0.29) is 0 Å². The summed E-state index contributed by atoms with van der Waals surface area (Å²) in [5.41, 5.74) is 4.09. The predicted octanol–water partition coefficient (Wildman–Crippen LogP) is 4.71. The van der Waals surface area contributed by atoms with E-state index in [0.717, 1.165) is 19.3 Å². The molecule has 0 aromatic heterocycles. The van der Waals surface area contributed by atoms with Gasteiger partial charge in [0.05, 0.1) is 5.60 Å². The Morgan fingerprint density at radius 3 is 1.95 bits per heavy atom. The van der Waals surface area contributed by atoms with Crippen LogP contribution < -0.4 is 0 Å². The standard InChI is InChI=1S/C19H28O/c1-15-11-16(2)13-17(12-15)14-19(20)9-7-18(8-10-19)5-3-4-6-18/h11-13,20H,3-10,14H2,1-2H3. The van der Waals surface area contributed by atoms with E-state index < -0.39 is 5.60 Å². The van der Waals surface area contributed by atoms with Crippen molar-refractivity contribution in [1.29, 1.82) is 0 Å². The molecule has 1 aromatic rings. The van der Waals surface area contributed by atoms with Crippen molar-refractivity contribution in [2.24, 2.45) is 5.41 Å². The molecule has 0 bridgehead atoms. The number of aryl methyl sites for hydroxylation is 2. The maximum absolute atomic E-state index is 11.0. The van der Waals surface area contributed by atoms with E-state index in [4.69, 9.17) is 0 Å². The number of aliphatic hydroxyl groups is 1. The summed E-state index contributed by atoms with van der Waals surface area (Å²) in [4.78, 5) is 0. The molecule has 20 heavy (non-hydrogen) atoms. The number of hydrogen-bond donors (Lipinski definition) is 1. The van der Waals surface area contributed by atoms with Crippen LogP contribution >= 0.6 is 0 Å². The zero-order valence-corrected chi connectivity index (χ0v) is 13.0. The van der Waals surface area contributed by atoms with Crippen LogP contribution in [-0.4, -0.2) is 10.7 Å². The maximum atomic E-state index is 11.0. The van der Waals surface area contributed by atoms with E-state index >= 15 is 0 Å². The van der Waals surface area contributed by atoms with Gasteiger partial charge in [-0.05, 0) is 63.4 Å². The molecule has 1 nitrogen and oxygen atoms in total. The minimum absolute atomic E-state index is 0.450. The molecule has 0 saturated heterocycles. The van der Waals surface area contributed by atoms with Gasteiger partial charge >= 0.3 is 0 Å². The first-order chi connectivity index (χ1) is 9.49. The lowest BCUT2D eigenvalue weighted by Gasteiger charge is -2.42. The monoisotopic (exact) mass is 272 g/mol. The summed E-state index contributed by atoms with van der Waals surface area (Å²) in [5.74, 6) is 0. The van der Waals surface area contributed by atoms with E-state index in [9.17, 15) is 5.11 Å². The van der Waals surface area contributed by atoms with Gasteiger partial charge in [-0.15, -0.1) is 0 Å². The molecule has 1 N–H and O–H groups in total. The van der Waals surface area contributed by atoms with Crippen molar-refractivity contribution in [2.45, 2.75) is 77.2 Å². The van der Waals surface area contributed by atoms with Gasteiger partial charge in [-0.1, -0.05) is 42.2 Å². The highest BCUT2D eigenvalue weighted by Gasteiger charge is 2.42. The van der Waals surface area contributed by atoms with Gasteiger partial charge in [0, 0.05) is 6.42 Å². The highest BCUT2D eigenvalue weighted by Crippen LogP contribution is 2.51. The molecule has 2 saturated carbocycles. The second kappa shape index (κ2) is 5.18. The molecule has 0 unspecified atom stereocenters. The van der Waals surface area contributed by atoms with Crippen LogP contribution in [0.2, 0.25) is 0 Å². The van der Waals surface area contributed by atoms with Crippen LogP contribution in [0.1, 0.15) is 68.1 Å². The van der Waals surface area contributed by atoms with Crippen molar-refractivity contribution in [3.63, 3.8) is 0 Å². The van der Waals surface area contributed by atoms with E-state index in [0.29, 0.717) is 5.41 Å². The van der Waals surface area contributed by atoms with Gasteiger partial charge in [0.2, 0.25) is 0 Å². The first-order valence-corrected chi connectivity index (χ1v) is 8.28. The molecule has 0 radical (unpaired) electrons. The van der Waals surface area contributed by atoms with Gasteiger partial charge < -0.3 is 5.11 Å². The molecule has 1 spiro atoms. The van der Waals surface area contributed by atoms with Gasteiger partial charge in [0.1, 0.15) is 0 Å². The summed E-state index contributed by atoms with van der Waals surface area (Å²) in [6, 6.07) is 6.69. The summed E-state index contributed by atoms with van der Waals surface area (Å²) in [7, 11) is 0. The van der Waals surface area contributed by atoms with Crippen LogP contribution in [0, 0.1) is 19.3 Å². The van der Waals surface area contributed by atoms with Crippen molar-refractivity contribution in [2.75, 3.05) is 0 Å². The third-order valence-electron chi connectivity index (χ3n) is 5.72. The Hall–Kier alpha value is -0.820. The summed E-state index contributed by atoms with van der Waals surface area (Å²) in [6.45, 7) is 4.30. The lowest BCUT2D eigenvalue weighted by molar-refractivity contribution is -0.0322. The second-order valence-corrected chi connectivity index (χ2v) is 7.60. The first kappa shape index (κ1) is 14.1. The summed E-state index contributed by atoms with van der Waals surface area (Å²) in [6.07, 6.45) is 11.0. The largest absolute Gasteiger partial charge is 0.390 e. The zero-order valence-electron chi connectivity index (χ0n) is 13.0. The number of benzene rings is 1. The molecular weight excluding hydrogens is 244 g/mol. The average molecular weight is 272 g/mol. The van der Waals surface area contributed by atoms with Crippen molar-refractivity contribution in [1.82, 2.24) is 0 Å². The lowest BCUT2D eigenvalue weighted by atomic mass is 9.66. The summed E-state index contributed by atoms with van der Waals surface area (Å²) in [5, 5.41) is 11.0. The van der Waals surface area contributed by atoms with Crippen molar-refractivity contribution >= 4 is 0 Å². The highest BCUT2D eigenvalue weighted by molar-refractivity contribution is 5.29. The van der Waals surface area contributed by atoms with Gasteiger partial charge in [-0.3, -0.25) is 0 Å². The Labute approximate surface area is 123 Å². The molecule has 1 heteroatoms. The van der Waals surface area contributed by atoms with E-state index in [1.165, 1.54) is 55.2 Å². The minimum Gasteiger partial charge on any atom is -0.390 e. The van der Waals surface area contributed by atoms with Crippen LogP contribution in [0.25, 0.3) is 0 Å². The van der Waals surface area contributed by atoms with E-state index in [1.54, 1.807) is 0 Å². The van der Waals surface area contributed by atoms with E-state index in [1.807, 2.05) is 0 Å². The Bertz CT molecular complexity index is 452. The molecule has 3 rings (SSSR count). The van der Waals surface area contributed by atoms with E-state index in [2.05, 4.69) is 32.0 Å². The van der Waals surface area contributed by atoms with Crippen LogP contribution in [-0.2, 0) is 6.42 Å². The Morgan fingerprint density at radius 1 is 0.850 bits per heavy atom. The molecule has 2 aliphatic carbocycles. The van der Waals surface area contributed by atoms with Crippen LogP contribution in [0.5, 0.6) is 0 Å². The minimum atomic E-state index is -0.450. The SMILES string of the molecule is Cc1cc(C)cc(CC2(O)CCC3(CCCC3)CC2)c1. The zero-order chi connectivity index (χ0) is 14.2. The molecule has 2 fully saturated rings. The molecule has 0 amide bonds. The third kappa shape index (κ3) is 2.93. The van der Waals surface area contributed by atoms with Crippen LogP contribution in [0.3, 0.4) is 0 Å². The summed E-state index contributed by atoms with van der Waals surface area (Å²) < 4.78 is 0. The van der Waals surface area contributed by atoms with Gasteiger partial charge in [0.25, 0.3) is 0 Å². The third-order valence-corrected chi connectivity index (χ3v) is 5.72. The predicted molar refractivity (Wildman–Crippen MR) is 83.9 cm³/mol. The van der Waals surface area contributed by atoms with Crippen LogP contribution in [0.15, 0.2) is 18.2 Å². The fourth-order valence-electron chi connectivity index (χ4n) is 4.60. The molecule has 0 aliphatic heterocycles. The fraction of sp³-hybridized carbons (Fsp3) is 0.684. The second-order valence-electron chi connectivity index (χ2n) is 7.60. The van der Waals surface area contributed by atoms with Crippen LogP contribution in [0.4, 0.5) is 0 Å². The maximum Gasteiger partial charge on any atom is 0.0688 e. The molecule has 0 atom stereocenters. The van der Waals surface area contributed by atoms with Crippen molar-refractivity contribution in [3.8, 4) is 0 Å². The summed E-state index contributed by atoms with van der Waals surface area (Å²) >= 11 is 0. The molecule has 2 aliphatic rings. The number of hydrogen-bond acceptors (Lipinski definition) is 1. The normalized spacial score (nSPS) is 24.1. The molecule has 1 aromatic carbocycles. The molecule has 110 valence electrons. The highest BCUT2D eigenvalue weighted by atomic mass is 16.3. The molecule has 0 heterocycles. The number of rotatable bonds is 2. The van der Waals surface area contributed by atoms with Crippen molar-refractivity contribution < 1.29 is 5.11 Å². The smallest absolute Gasteiger partial charge is 0.0688 e. The quantitative estimate of drug-likeness (QED) is 0.826. The van der Waals surface area contributed by atoms with Gasteiger partial charge in [-0.2, -0.15) is 0 Å². The lowest BCUT2D eigenvalue weighted by Crippen LogP contribution is -2.39. The van der Waals surface area contributed by atoms with Gasteiger partial charge in [-0.25, -0.2) is 0 Å².